The first kappa shape index (κ1) is 12.9. The molecular formula is C10H11N5OS. The molecule has 5 N–H and O–H groups in total. The number of nitrogens with one attached hydrogen (secondary N) is 1. The molecule has 88 valence electrons. The van der Waals surface area contributed by atoms with Gasteiger partial charge in [-0.3, -0.25) is 4.79 Å². The number of hydrogen-bond donors (Lipinski definition) is 3. The third-order valence-corrected chi connectivity index (χ3v) is 2.58. The Hall–Kier alpha value is -2.20. The van der Waals surface area contributed by atoms with Gasteiger partial charge >= 0.3 is 0 Å². The third kappa shape index (κ3) is 4.44. The number of amidine groups is 1. The summed E-state index contributed by atoms with van der Waals surface area (Å²) in [5.41, 5.74) is 6.49. The van der Waals surface area contributed by atoms with Crippen LogP contribution in [0.1, 0.15) is 5.56 Å². The summed E-state index contributed by atoms with van der Waals surface area (Å²) in [4.78, 5) is 11.4. The summed E-state index contributed by atoms with van der Waals surface area (Å²) < 4.78 is 0. The molecule has 0 unspecified atom stereocenters. The Morgan fingerprint density at radius 1 is 1.47 bits per heavy atom. The average molecular weight is 249 g/mol. The van der Waals surface area contributed by atoms with Gasteiger partial charge in [-0.2, -0.15) is 10.4 Å². The van der Waals surface area contributed by atoms with Crippen molar-refractivity contribution >= 4 is 28.5 Å². The molecule has 0 aliphatic carbocycles. The van der Waals surface area contributed by atoms with E-state index in [1.807, 2.05) is 6.07 Å². The van der Waals surface area contributed by atoms with Crippen LogP contribution in [0.2, 0.25) is 0 Å². The number of carbonyl (C=O) groups excluding carboxylic acids is 1. The minimum atomic E-state index is -0.216. The molecule has 1 aromatic rings. The Morgan fingerprint density at radius 3 is 2.65 bits per heavy atom. The number of nitrogens with two attached hydrogens (primary N) is 2. The number of hydrogen-bond acceptors (Lipinski definition) is 5. The number of rotatable bonds is 3. The molecule has 1 aromatic carbocycles. The number of thioether (sulfide) groups is 1. The highest BCUT2D eigenvalue weighted by Crippen LogP contribution is 2.09. The fourth-order valence-electron chi connectivity index (χ4n) is 1.00. The van der Waals surface area contributed by atoms with Crippen molar-refractivity contribution in [2.75, 3.05) is 11.1 Å². The van der Waals surface area contributed by atoms with Crippen LogP contribution in [0.25, 0.3) is 0 Å². The second-order valence-electron chi connectivity index (χ2n) is 2.99. The normalized spacial score (nSPS) is 10.6. The molecule has 1 rings (SSSR count). The quantitative estimate of drug-likeness (QED) is 0.310. The van der Waals surface area contributed by atoms with E-state index in [-0.39, 0.29) is 16.8 Å². The zero-order valence-electron chi connectivity index (χ0n) is 8.88. The van der Waals surface area contributed by atoms with E-state index in [4.69, 9.17) is 16.8 Å². The van der Waals surface area contributed by atoms with E-state index in [2.05, 4.69) is 10.4 Å². The number of nitriles is 1. The van der Waals surface area contributed by atoms with Crippen molar-refractivity contribution in [3.8, 4) is 6.07 Å². The zero-order chi connectivity index (χ0) is 12.7. The Labute approximate surface area is 103 Å². The molecule has 0 atom stereocenters. The summed E-state index contributed by atoms with van der Waals surface area (Å²) in [5, 5.41) is 14.6. The maximum Gasteiger partial charge on any atom is 0.234 e. The van der Waals surface area contributed by atoms with Gasteiger partial charge in [-0.1, -0.05) is 11.8 Å². The molecule has 6 nitrogen and oxygen atoms in total. The van der Waals surface area contributed by atoms with Crippen molar-refractivity contribution in [2.24, 2.45) is 16.7 Å². The summed E-state index contributed by atoms with van der Waals surface area (Å²) in [6, 6.07) is 8.55. The molecule has 0 saturated carbocycles. The Kier molecular flexibility index (Phi) is 4.84. The van der Waals surface area contributed by atoms with Gasteiger partial charge in [0.05, 0.1) is 17.4 Å². The van der Waals surface area contributed by atoms with E-state index in [0.717, 1.165) is 11.8 Å². The lowest BCUT2D eigenvalue weighted by molar-refractivity contribution is -0.113. The van der Waals surface area contributed by atoms with Crippen LogP contribution in [0.5, 0.6) is 0 Å². The van der Waals surface area contributed by atoms with Gasteiger partial charge in [0.1, 0.15) is 0 Å². The van der Waals surface area contributed by atoms with Gasteiger partial charge in [0, 0.05) is 5.69 Å². The molecular weight excluding hydrogens is 238 g/mol. The summed E-state index contributed by atoms with van der Waals surface area (Å²) in [5.74, 6) is 4.84. The maximum atomic E-state index is 11.4. The highest BCUT2D eigenvalue weighted by atomic mass is 32.2. The monoisotopic (exact) mass is 249 g/mol. The smallest absolute Gasteiger partial charge is 0.234 e. The molecule has 0 heterocycles. The standard InChI is InChI=1S/C10H11N5OS/c11-5-7-1-3-8(4-2-7)14-9(16)6-17-10(12)15-13/h1-4H,6,13H2,(H2,12,15)(H,14,16). The second-order valence-corrected chi connectivity index (χ2v) is 3.99. The number of amides is 1. The molecule has 0 aliphatic heterocycles. The summed E-state index contributed by atoms with van der Waals surface area (Å²) in [6.45, 7) is 0. The first-order valence-electron chi connectivity index (χ1n) is 4.62. The van der Waals surface area contributed by atoms with E-state index in [0.29, 0.717) is 11.3 Å². The predicted molar refractivity (Wildman–Crippen MR) is 68.1 cm³/mol. The number of anilines is 1. The molecule has 0 saturated heterocycles. The fourth-order valence-corrected chi connectivity index (χ4v) is 1.43. The van der Waals surface area contributed by atoms with Crippen molar-refractivity contribution < 1.29 is 4.79 Å². The minimum absolute atomic E-state index is 0.131. The molecule has 7 heteroatoms. The SMILES string of the molecule is N#Cc1ccc(NC(=O)CSC(N)=NN)cc1. The van der Waals surface area contributed by atoms with Crippen molar-refractivity contribution in [3.05, 3.63) is 29.8 Å². The van der Waals surface area contributed by atoms with E-state index >= 15 is 0 Å². The molecule has 0 fully saturated rings. The van der Waals surface area contributed by atoms with Gasteiger partial charge in [0.15, 0.2) is 5.17 Å². The molecule has 0 spiro atoms. The Bertz CT molecular complexity index is 463. The van der Waals surface area contributed by atoms with Crippen molar-refractivity contribution in [3.63, 3.8) is 0 Å². The van der Waals surface area contributed by atoms with Crippen LogP contribution >= 0.6 is 11.8 Å². The first-order valence-corrected chi connectivity index (χ1v) is 5.60. The third-order valence-electron chi connectivity index (χ3n) is 1.78. The van der Waals surface area contributed by atoms with Crippen molar-refractivity contribution in [2.45, 2.75) is 0 Å². The molecule has 0 aliphatic rings. The minimum Gasteiger partial charge on any atom is -0.377 e. The topological polar surface area (TPSA) is 117 Å². The van der Waals surface area contributed by atoms with E-state index in [9.17, 15) is 4.79 Å². The number of nitrogens with zero attached hydrogens (tertiary/aromatic N) is 2. The predicted octanol–water partition coefficient (Wildman–Crippen LogP) is 0.418. The second kappa shape index (κ2) is 6.40. The lowest BCUT2D eigenvalue weighted by atomic mass is 10.2. The number of hydrazone groups is 1. The van der Waals surface area contributed by atoms with Crippen LogP contribution in [0, 0.1) is 11.3 Å². The summed E-state index contributed by atoms with van der Waals surface area (Å²) in [7, 11) is 0. The van der Waals surface area contributed by atoms with Gasteiger partial charge in [0.2, 0.25) is 5.91 Å². The van der Waals surface area contributed by atoms with Gasteiger partial charge in [-0.25, -0.2) is 0 Å². The van der Waals surface area contributed by atoms with Crippen LogP contribution in [0.15, 0.2) is 29.4 Å². The number of benzene rings is 1. The summed E-state index contributed by atoms with van der Waals surface area (Å²) >= 11 is 1.05. The van der Waals surface area contributed by atoms with Gasteiger partial charge < -0.3 is 16.9 Å². The van der Waals surface area contributed by atoms with Crippen LogP contribution < -0.4 is 16.9 Å². The first-order chi connectivity index (χ1) is 8.15. The molecule has 1 amide bonds. The largest absolute Gasteiger partial charge is 0.377 e. The van der Waals surface area contributed by atoms with Crippen LogP contribution in [0.3, 0.4) is 0 Å². The van der Waals surface area contributed by atoms with E-state index in [1.165, 1.54) is 0 Å². The zero-order valence-corrected chi connectivity index (χ0v) is 9.70. The van der Waals surface area contributed by atoms with Gasteiger partial charge in [0.25, 0.3) is 0 Å². The molecule has 0 aromatic heterocycles. The Balaban J connectivity index is 2.48. The highest BCUT2D eigenvalue weighted by molar-refractivity contribution is 8.14. The van der Waals surface area contributed by atoms with E-state index < -0.39 is 0 Å². The van der Waals surface area contributed by atoms with E-state index in [1.54, 1.807) is 24.3 Å². The number of carbonyl (C=O) groups is 1. The molecule has 0 radical (unpaired) electrons. The van der Waals surface area contributed by atoms with Crippen LogP contribution in [0.4, 0.5) is 5.69 Å². The van der Waals surface area contributed by atoms with Crippen molar-refractivity contribution in [1.29, 1.82) is 5.26 Å². The van der Waals surface area contributed by atoms with Gasteiger partial charge in [-0.05, 0) is 24.3 Å². The molecule has 0 bridgehead atoms. The lowest BCUT2D eigenvalue weighted by Crippen LogP contribution is -2.18. The lowest BCUT2D eigenvalue weighted by Gasteiger charge is -2.04. The highest BCUT2D eigenvalue weighted by Gasteiger charge is 2.04. The fraction of sp³-hybridized carbons (Fsp3) is 0.100. The van der Waals surface area contributed by atoms with Crippen molar-refractivity contribution in [1.82, 2.24) is 0 Å². The summed E-state index contributed by atoms with van der Waals surface area (Å²) in [6.07, 6.45) is 0. The van der Waals surface area contributed by atoms with Crippen LogP contribution in [-0.4, -0.2) is 16.8 Å². The van der Waals surface area contributed by atoms with Crippen LogP contribution in [-0.2, 0) is 4.79 Å². The van der Waals surface area contributed by atoms with Gasteiger partial charge in [-0.15, -0.1) is 0 Å². The average Bonchev–Trinajstić information content (AvgIpc) is 2.36. The Morgan fingerprint density at radius 2 is 2.12 bits per heavy atom. The molecule has 17 heavy (non-hydrogen) atoms. The maximum absolute atomic E-state index is 11.4.